The van der Waals surface area contributed by atoms with E-state index in [9.17, 15) is 8.42 Å². The molecule has 2 aromatic rings. The van der Waals surface area contributed by atoms with E-state index in [0.717, 1.165) is 23.1 Å². The Morgan fingerprint density at radius 3 is 2.48 bits per heavy atom. The summed E-state index contributed by atoms with van der Waals surface area (Å²) in [7, 11) is -3.41. The van der Waals surface area contributed by atoms with E-state index in [-0.39, 0.29) is 6.04 Å². The molecule has 0 spiro atoms. The molecule has 110 valence electrons. The SMILES string of the molecule is O=S(=O)(N[C@H]1C[C@@H]2CC[C@@H]1C2)c1ccc2ccccc2c1. The van der Waals surface area contributed by atoms with Crippen LogP contribution in [0.1, 0.15) is 25.7 Å². The van der Waals surface area contributed by atoms with Crippen LogP contribution in [0.4, 0.5) is 0 Å². The minimum absolute atomic E-state index is 0.139. The zero-order chi connectivity index (χ0) is 14.4. The van der Waals surface area contributed by atoms with Crippen LogP contribution in [-0.2, 0) is 10.0 Å². The van der Waals surface area contributed by atoms with Crippen molar-refractivity contribution in [2.45, 2.75) is 36.6 Å². The van der Waals surface area contributed by atoms with E-state index in [1.54, 1.807) is 12.1 Å². The fourth-order valence-corrected chi connectivity index (χ4v) is 5.34. The average molecular weight is 301 g/mol. The van der Waals surface area contributed by atoms with Gasteiger partial charge in [0.1, 0.15) is 0 Å². The number of fused-ring (bicyclic) bond motifs is 3. The first kappa shape index (κ1) is 13.3. The van der Waals surface area contributed by atoms with Crippen LogP contribution in [0.3, 0.4) is 0 Å². The second kappa shape index (κ2) is 4.82. The van der Waals surface area contributed by atoms with Crippen molar-refractivity contribution in [3.63, 3.8) is 0 Å². The minimum atomic E-state index is -3.41. The van der Waals surface area contributed by atoms with Crippen molar-refractivity contribution in [3.05, 3.63) is 42.5 Å². The van der Waals surface area contributed by atoms with Crippen molar-refractivity contribution >= 4 is 20.8 Å². The topological polar surface area (TPSA) is 46.2 Å². The highest BCUT2D eigenvalue weighted by atomic mass is 32.2. The predicted molar refractivity (Wildman–Crippen MR) is 83.5 cm³/mol. The van der Waals surface area contributed by atoms with Gasteiger partial charge in [-0.3, -0.25) is 0 Å². The van der Waals surface area contributed by atoms with Gasteiger partial charge in [-0.05, 0) is 54.0 Å². The Morgan fingerprint density at radius 1 is 0.952 bits per heavy atom. The first-order chi connectivity index (χ1) is 10.1. The van der Waals surface area contributed by atoms with Crippen LogP contribution < -0.4 is 4.72 Å². The molecular weight excluding hydrogens is 282 g/mol. The van der Waals surface area contributed by atoms with Crippen LogP contribution in [0.5, 0.6) is 0 Å². The Labute approximate surface area is 125 Å². The predicted octanol–water partition coefficient (Wildman–Crippen LogP) is 3.31. The van der Waals surface area contributed by atoms with E-state index in [0.29, 0.717) is 10.8 Å². The number of sulfonamides is 1. The molecule has 4 rings (SSSR count). The third-order valence-electron chi connectivity index (χ3n) is 5.08. The van der Waals surface area contributed by atoms with Gasteiger partial charge in [0, 0.05) is 6.04 Å². The molecule has 2 fully saturated rings. The van der Waals surface area contributed by atoms with Crippen LogP contribution in [0.15, 0.2) is 47.4 Å². The molecule has 1 N–H and O–H groups in total. The lowest BCUT2D eigenvalue weighted by Crippen LogP contribution is -2.38. The average Bonchev–Trinajstić information content (AvgIpc) is 3.09. The number of benzene rings is 2. The van der Waals surface area contributed by atoms with E-state index in [1.807, 2.05) is 30.3 Å². The van der Waals surface area contributed by atoms with Gasteiger partial charge < -0.3 is 0 Å². The lowest BCUT2D eigenvalue weighted by atomic mass is 9.96. The molecule has 0 saturated heterocycles. The standard InChI is InChI=1S/C17H19NO2S/c19-21(20,18-17-10-12-5-6-15(17)9-12)16-8-7-13-3-1-2-4-14(13)11-16/h1-4,7-8,11-12,15,17-18H,5-6,9-10H2/t12-,15-,17+/m1/s1. The highest BCUT2D eigenvalue weighted by Gasteiger charge is 2.41. The fraction of sp³-hybridized carbons (Fsp3) is 0.412. The van der Waals surface area contributed by atoms with Gasteiger partial charge in [-0.25, -0.2) is 13.1 Å². The lowest BCUT2D eigenvalue weighted by molar-refractivity contribution is 0.390. The molecule has 2 aliphatic carbocycles. The summed E-state index contributed by atoms with van der Waals surface area (Å²) in [6.45, 7) is 0. The molecular formula is C17H19NO2S. The molecule has 4 heteroatoms. The first-order valence-corrected chi connectivity index (χ1v) is 9.11. The number of nitrogens with one attached hydrogen (secondary N) is 1. The fourth-order valence-electron chi connectivity index (χ4n) is 3.99. The Morgan fingerprint density at radius 2 is 1.76 bits per heavy atom. The number of hydrogen-bond donors (Lipinski definition) is 1. The van der Waals surface area contributed by atoms with E-state index in [4.69, 9.17) is 0 Å². The van der Waals surface area contributed by atoms with E-state index < -0.39 is 10.0 Å². The molecule has 0 aromatic heterocycles. The quantitative estimate of drug-likeness (QED) is 0.945. The van der Waals surface area contributed by atoms with Gasteiger partial charge in [-0.15, -0.1) is 0 Å². The molecule has 3 nitrogen and oxygen atoms in total. The Hall–Kier alpha value is -1.39. The first-order valence-electron chi connectivity index (χ1n) is 7.63. The third kappa shape index (κ3) is 2.36. The Bertz CT molecular complexity index is 784. The summed E-state index contributed by atoms with van der Waals surface area (Å²) in [6.07, 6.45) is 4.66. The zero-order valence-electron chi connectivity index (χ0n) is 11.8. The van der Waals surface area contributed by atoms with E-state index in [1.165, 1.54) is 19.3 Å². The highest BCUT2D eigenvalue weighted by Crippen LogP contribution is 2.44. The molecule has 0 aliphatic heterocycles. The second-order valence-electron chi connectivity index (χ2n) is 6.41. The minimum Gasteiger partial charge on any atom is -0.208 e. The summed E-state index contributed by atoms with van der Waals surface area (Å²) in [5.41, 5.74) is 0. The van der Waals surface area contributed by atoms with Crippen LogP contribution >= 0.6 is 0 Å². The van der Waals surface area contributed by atoms with Crippen molar-refractivity contribution < 1.29 is 8.42 Å². The largest absolute Gasteiger partial charge is 0.240 e. The number of hydrogen-bond acceptors (Lipinski definition) is 2. The third-order valence-corrected chi connectivity index (χ3v) is 6.56. The summed E-state index contributed by atoms with van der Waals surface area (Å²) in [5, 5.41) is 2.03. The Kier molecular flexibility index (Phi) is 3.05. The van der Waals surface area contributed by atoms with Gasteiger partial charge in [0.15, 0.2) is 0 Å². The Balaban J connectivity index is 1.63. The molecule has 0 heterocycles. The molecule has 2 aliphatic rings. The molecule has 2 aromatic carbocycles. The zero-order valence-corrected chi connectivity index (χ0v) is 12.6. The summed E-state index contributed by atoms with van der Waals surface area (Å²) in [5.74, 6) is 1.28. The smallest absolute Gasteiger partial charge is 0.208 e. The summed E-state index contributed by atoms with van der Waals surface area (Å²) < 4.78 is 28.1. The maximum atomic E-state index is 12.6. The molecule has 0 radical (unpaired) electrons. The van der Waals surface area contributed by atoms with Crippen molar-refractivity contribution in [1.82, 2.24) is 4.72 Å². The van der Waals surface area contributed by atoms with Gasteiger partial charge in [-0.1, -0.05) is 36.8 Å². The van der Waals surface area contributed by atoms with Crippen LogP contribution in [0.2, 0.25) is 0 Å². The van der Waals surface area contributed by atoms with Crippen molar-refractivity contribution in [2.75, 3.05) is 0 Å². The monoisotopic (exact) mass is 301 g/mol. The summed E-state index contributed by atoms with van der Waals surface area (Å²) in [6, 6.07) is 13.3. The highest BCUT2D eigenvalue weighted by molar-refractivity contribution is 7.89. The van der Waals surface area contributed by atoms with E-state index >= 15 is 0 Å². The summed E-state index contributed by atoms with van der Waals surface area (Å²) >= 11 is 0. The van der Waals surface area contributed by atoms with Crippen molar-refractivity contribution in [1.29, 1.82) is 0 Å². The van der Waals surface area contributed by atoms with Gasteiger partial charge in [-0.2, -0.15) is 0 Å². The van der Waals surface area contributed by atoms with Crippen molar-refractivity contribution in [3.8, 4) is 0 Å². The second-order valence-corrected chi connectivity index (χ2v) is 8.13. The molecule has 21 heavy (non-hydrogen) atoms. The maximum absolute atomic E-state index is 12.6. The van der Waals surface area contributed by atoms with Crippen LogP contribution in [-0.4, -0.2) is 14.5 Å². The van der Waals surface area contributed by atoms with Crippen LogP contribution in [0.25, 0.3) is 10.8 Å². The molecule has 2 saturated carbocycles. The van der Waals surface area contributed by atoms with Gasteiger partial charge in [0.2, 0.25) is 10.0 Å². The maximum Gasteiger partial charge on any atom is 0.240 e. The van der Waals surface area contributed by atoms with Crippen LogP contribution in [0, 0.1) is 11.8 Å². The number of rotatable bonds is 3. The molecule has 3 atom stereocenters. The molecule has 0 amide bonds. The lowest BCUT2D eigenvalue weighted by Gasteiger charge is -2.22. The normalized spacial score (nSPS) is 28.3. The molecule has 2 bridgehead atoms. The molecule has 0 unspecified atom stereocenters. The van der Waals surface area contributed by atoms with Gasteiger partial charge in [0.05, 0.1) is 4.90 Å². The van der Waals surface area contributed by atoms with E-state index in [2.05, 4.69) is 4.72 Å². The van der Waals surface area contributed by atoms with Gasteiger partial charge >= 0.3 is 0 Å². The van der Waals surface area contributed by atoms with Crippen molar-refractivity contribution in [2.24, 2.45) is 11.8 Å². The van der Waals surface area contributed by atoms with Gasteiger partial charge in [0.25, 0.3) is 0 Å². The summed E-state index contributed by atoms with van der Waals surface area (Å²) in [4.78, 5) is 0.379.